The molecule has 146 valence electrons. The number of pyridine rings is 1. The van der Waals surface area contributed by atoms with Crippen molar-refractivity contribution in [3.8, 4) is 17.6 Å². The van der Waals surface area contributed by atoms with Crippen LogP contribution in [0.2, 0.25) is 0 Å². The van der Waals surface area contributed by atoms with Gasteiger partial charge in [-0.15, -0.1) is 0 Å². The lowest BCUT2D eigenvalue weighted by atomic mass is 10.1. The standard InChI is InChI=1S/C23H21N3O3/c1-16-13-20(29-23(28)22-24-11-2-12-25-22)14-21(27)26(16)15-19-9-7-18(8-10-19)6-5-17-3-4-17/h2,7-11,13-14,17H,3-4,12,15H2,1H3,(H,24,25). The maximum Gasteiger partial charge on any atom is 0.379 e. The molecule has 6 heteroatoms. The first-order valence-corrected chi connectivity index (χ1v) is 9.58. The summed E-state index contributed by atoms with van der Waals surface area (Å²) >= 11 is 0. The van der Waals surface area contributed by atoms with E-state index in [2.05, 4.69) is 22.2 Å². The molecule has 1 saturated carbocycles. The number of benzene rings is 1. The van der Waals surface area contributed by atoms with Gasteiger partial charge in [-0.2, -0.15) is 0 Å². The maximum absolute atomic E-state index is 12.6. The Kier molecular flexibility index (Phi) is 5.30. The molecule has 1 aromatic carbocycles. The van der Waals surface area contributed by atoms with Crippen molar-refractivity contribution in [2.75, 3.05) is 6.54 Å². The van der Waals surface area contributed by atoms with E-state index in [1.165, 1.54) is 18.9 Å². The second-order valence-electron chi connectivity index (χ2n) is 7.12. The van der Waals surface area contributed by atoms with Crippen molar-refractivity contribution in [2.24, 2.45) is 10.9 Å². The fraction of sp³-hybridized carbons (Fsp3) is 0.261. The number of aliphatic imine (C=N–C) groups is 1. The van der Waals surface area contributed by atoms with Crippen molar-refractivity contribution in [3.05, 3.63) is 75.8 Å². The van der Waals surface area contributed by atoms with Gasteiger partial charge in [0.25, 0.3) is 5.56 Å². The first-order valence-electron chi connectivity index (χ1n) is 9.58. The molecule has 2 heterocycles. The summed E-state index contributed by atoms with van der Waals surface area (Å²) in [5.74, 6) is 6.71. The van der Waals surface area contributed by atoms with Gasteiger partial charge in [0.05, 0.1) is 13.1 Å². The molecule has 1 aliphatic heterocycles. The minimum absolute atomic E-state index is 0.124. The molecule has 0 spiro atoms. The maximum atomic E-state index is 12.6. The average molecular weight is 387 g/mol. The Bertz CT molecular complexity index is 1110. The van der Waals surface area contributed by atoms with E-state index in [1.54, 1.807) is 22.9 Å². The lowest BCUT2D eigenvalue weighted by molar-refractivity contribution is -0.127. The predicted molar refractivity (Wildman–Crippen MR) is 111 cm³/mol. The summed E-state index contributed by atoms with van der Waals surface area (Å²) in [5, 5.41) is 2.74. The summed E-state index contributed by atoms with van der Waals surface area (Å²) in [6.45, 7) is 2.67. The summed E-state index contributed by atoms with van der Waals surface area (Å²) in [6.07, 6.45) is 5.84. The van der Waals surface area contributed by atoms with Gasteiger partial charge in [-0.1, -0.05) is 24.0 Å². The van der Waals surface area contributed by atoms with E-state index >= 15 is 0 Å². The third-order valence-corrected chi connectivity index (χ3v) is 4.70. The van der Waals surface area contributed by atoms with Crippen LogP contribution in [0.5, 0.6) is 5.75 Å². The molecule has 29 heavy (non-hydrogen) atoms. The molecule has 6 nitrogen and oxygen atoms in total. The number of carbonyl (C=O) groups excluding carboxylic acids is 1. The van der Waals surface area contributed by atoms with Crippen molar-refractivity contribution >= 4 is 11.8 Å². The zero-order valence-corrected chi connectivity index (χ0v) is 16.1. The lowest BCUT2D eigenvalue weighted by Crippen LogP contribution is -2.33. The summed E-state index contributed by atoms with van der Waals surface area (Å²) in [6, 6.07) is 10.9. The van der Waals surface area contributed by atoms with E-state index in [4.69, 9.17) is 4.74 Å². The average Bonchev–Trinajstić information content (AvgIpc) is 3.55. The van der Waals surface area contributed by atoms with E-state index in [-0.39, 0.29) is 17.1 Å². The molecule has 1 aromatic heterocycles. The van der Waals surface area contributed by atoms with E-state index in [0.29, 0.717) is 24.7 Å². The molecule has 2 aromatic rings. The van der Waals surface area contributed by atoms with Crippen molar-refractivity contribution < 1.29 is 9.53 Å². The number of hydrogen-bond acceptors (Lipinski definition) is 5. The van der Waals surface area contributed by atoms with Crippen LogP contribution >= 0.6 is 0 Å². The molecular weight excluding hydrogens is 366 g/mol. The van der Waals surface area contributed by atoms with Gasteiger partial charge in [-0.05, 0) is 43.5 Å². The lowest BCUT2D eigenvalue weighted by Gasteiger charge is -2.13. The fourth-order valence-electron chi connectivity index (χ4n) is 2.91. The van der Waals surface area contributed by atoms with Gasteiger partial charge in [-0.3, -0.25) is 9.79 Å². The zero-order valence-electron chi connectivity index (χ0n) is 16.1. The quantitative estimate of drug-likeness (QED) is 0.646. The molecule has 1 aliphatic carbocycles. The summed E-state index contributed by atoms with van der Waals surface area (Å²) in [4.78, 5) is 28.7. The molecule has 0 amide bonds. The SMILES string of the molecule is Cc1cc(OC(=O)C2=NCC=CN2)cc(=O)n1Cc1ccc(C#CC2CC2)cc1. The normalized spacial score (nSPS) is 15.0. The summed E-state index contributed by atoms with van der Waals surface area (Å²) < 4.78 is 6.93. The molecule has 1 N–H and O–H groups in total. The van der Waals surface area contributed by atoms with Gasteiger partial charge in [0, 0.05) is 35.5 Å². The van der Waals surface area contributed by atoms with Gasteiger partial charge >= 0.3 is 5.97 Å². The highest BCUT2D eigenvalue weighted by Crippen LogP contribution is 2.27. The highest BCUT2D eigenvalue weighted by molar-refractivity contribution is 6.36. The molecule has 4 rings (SSSR count). The van der Waals surface area contributed by atoms with Crippen LogP contribution in [-0.4, -0.2) is 22.9 Å². The van der Waals surface area contributed by atoms with Crippen LogP contribution in [0.15, 0.2) is 58.5 Å². The minimum atomic E-state index is -0.617. The van der Waals surface area contributed by atoms with Crippen molar-refractivity contribution in [1.82, 2.24) is 9.88 Å². The number of hydrogen-bond donors (Lipinski definition) is 1. The monoisotopic (exact) mass is 387 g/mol. The topological polar surface area (TPSA) is 72.7 Å². The van der Waals surface area contributed by atoms with Crippen LogP contribution in [0.4, 0.5) is 0 Å². The van der Waals surface area contributed by atoms with Gasteiger partial charge in [0.1, 0.15) is 5.75 Å². The van der Waals surface area contributed by atoms with Gasteiger partial charge in [0.15, 0.2) is 0 Å². The Labute approximate surface area is 168 Å². The Morgan fingerprint density at radius 1 is 1.28 bits per heavy atom. The van der Waals surface area contributed by atoms with Gasteiger partial charge in [-0.25, -0.2) is 4.79 Å². The molecule has 0 radical (unpaired) electrons. The number of carbonyl (C=O) groups is 1. The van der Waals surface area contributed by atoms with Gasteiger partial charge < -0.3 is 14.6 Å². The van der Waals surface area contributed by atoms with Crippen molar-refractivity contribution in [3.63, 3.8) is 0 Å². The Hall–Kier alpha value is -3.59. The van der Waals surface area contributed by atoms with E-state index in [1.807, 2.05) is 31.2 Å². The molecule has 1 fully saturated rings. The van der Waals surface area contributed by atoms with E-state index in [0.717, 1.165) is 11.1 Å². The first kappa shape index (κ1) is 18.8. The number of esters is 1. The number of nitrogens with one attached hydrogen (secondary N) is 1. The van der Waals surface area contributed by atoms with Crippen molar-refractivity contribution in [1.29, 1.82) is 0 Å². The van der Waals surface area contributed by atoms with Crippen LogP contribution < -0.4 is 15.6 Å². The highest BCUT2D eigenvalue weighted by atomic mass is 16.5. The van der Waals surface area contributed by atoms with E-state index in [9.17, 15) is 9.59 Å². The predicted octanol–water partition coefficient (Wildman–Crippen LogP) is 2.39. The number of aryl methyl sites for hydroxylation is 1. The molecule has 0 bridgehead atoms. The summed E-state index contributed by atoms with van der Waals surface area (Å²) in [5.41, 5.74) is 2.46. The molecular formula is C23H21N3O3. The first-order chi connectivity index (χ1) is 14.1. The second-order valence-corrected chi connectivity index (χ2v) is 7.12. The third kappa shape index (κ3) is 4.82. The van der Waals surface area contributed by atoms with Crippen molar-refractivity contribution in [2.45, 2.75) is 26.3 Å². The minimum Gasteiger partial charge on any atom is -0.420 e. The van der Waals surface area contributed by atoms with E-state index < -0.39 is 5.97 Å². The molecule has 2 aliphatic rings. The Balaban J connectivity index is 1.45. The van der Waals surface area contributed by atoms with Crippen LogP contribution in [-0.2, 0) is 11.3 Å². The number of nitrogens with zero attached hydrogens (tertiary/aromatic N) is 2. The zero-order chi connectivity index (χ0) is 20.2. The highest BCUT2D eigenvalue weighted by Gasteiger charge is 2.18. The largest absolute Gasteiger partial charge is 0.420 e. The number of rotatable bonds is 4. The number of ether oxygens (including phenoxy) is 1. The van der Waals surface area contributed by atoms with Crippen LogP contribution in [0.3, 0.4) is 0 Å². The molecule has 0 saturated heterocycles. The fourth-order valence-corrected chi connectivity index (χ4v) is 2.91. The van der Waals surface area contributed by atoms with Gasteiger partial charge in [0.2, 0.25) is 5.84 Å². The number of amidine groups is 1. The molecule has 0 unspecified atom stereocenters. The Morgan fingerprint density at radius 3 is 2.72 bits per heavy atom. The van der Waals surface area contributed by atoms with Crippen LogP contribution in [0, 0.1) is 24.7 Å². The second kappa shape index (κ2) is 8.19. The molecule has 0 atom stereocenters. The van der Waals surface area contributed by atoms with Crippen LogP contribution in [0.25, 0.3) is 0 Å². The number of aromatic nitrogens is 1. The summed E-state index contributed by atoms with van der Waals surface area (Å²) in [7, 11) is 0. The Morgan fingerprint density at radius 2 is 2.07 bits per heavy atom. The van der Waals surface area contributed by atoms with Crippen LogP contribution in [0.1, 0.15) is 29.7 Å². The third-order valence-electron chi connectivity index (χ3n) is 4.70. The smallest absolute Gasteiger partial charge is 0.379 e.